The number of rotatable bonds is 8. The Morgan fingerprint density at radius 2 is 1.42 bits per heavy atom. The van der Waals surface area contributed by atoms with Gasteiger partial charge in [0.25, 0.3) is 0 Å². The van der Waals surface area contributed by atoms with Crippen LogP contribution in [0.15, 0.2) is 60.3 Å². The van der Waals surface area contributed by atoms with Gasteiger partial charge in [-0.2, -0.15) is 30.3 Å². The number of aromatic nitrogens is 3. The van der Waals surface area contributed by atoms with E-state index in [-0.39, 0.29) is 36.0 Å². The molecule has 8 bridgehead atoms. The van der Waals surface area contributed by atoms with Gasteiger partial charge in [-0.25, -0.2) is 0 Å². The van der Waals surface area contributed by atoms with E-state index in [0.29, 0.717) is 19.3 Å². The molecule has 1 radical (unpaired) electrons. The molecule has 3 aromatic heterocycles. The fourth-order valence-electron chi connectivity index (χ4n) is 6.48. The fraction of sp³-hybridized carbons (Fsp3) is 0.244. The molecule has 0 saturated heterocycles. The minimum absolute atomic E-state index is 0. The molecule has 0 saturated carbocycles. The third-order valence-corrected chi connectivity index (χ3v) is 9.27. The summed E-state index contributed by atoms with van der Waals surface area (Å²) in [7, 11) is 0. The molecule has 0 aliphatic carbocycles. The van der Waals surface area contributed by atoms with Crippen LogP contribution >= 0.6 is 0 Å². The molecule has 2 N–H and O–H groups in total. The van der Waals surface area contributed by atoms with Crippen LogP contribution in [-0.4, -0.2) is 28.2 Å². The van der Waals surface area contributed by atoms with Crippen molar-refractivity contribution < 1.29 is 36.9 Å². The zero-order valence-electron chi connectivity index (χ0n) is 28.9. The first-order valence-corrected chi connectivity index (χ1v) is 16.3. The van der Waals surface area contributed by atoms with Crippen molar-refractivity contribution in [1.82, 2.24) is 15.0 Å². The van der Waals surface area contributed by atoms with Gasteiger partial charge in [0.1, 0.15) is 0 Å². The van der Waals surface area contributed by atoms with Crippen molar-refractivity contribution >= 4 is 42.3 Å². The summed E-state index contributed by atoms with van der Waals surface area (Å²) in [6.07, 6.45) is 10.6. The number of fused-ring (bicyclic) bond motifs is 8. The van der Waals surface area contributed by atoms with Crippen molar-refractivity contribution in [1.29, 1.82) is 0 Å². The number of carboxylic acids is 2. The predicted octanol–water partition coefficient (Wildman–Crippen LogP) is 6.14. The van der Waals surface area contributed by atoms with Gasteiger partial charge in [-0.3, -0.25) is 9.59 Å². The molecule has 0 amide bonds. The molecule has 4 aromatic rings. The molecule has 1 aromatic carbocycles. The van der Waals surface area contributed by atoms with E-state index >= 15 is 0 Å². The van der Waals surface area contributed by atoms with Gasteiger partial charge < -0.3 is 30.5 Å². The van der Waals surface area contributed by atoms with E-state index < -0.39 is 11.9 Å². The average molecular weight is 710 g/mol. The molecule has 6 rings (SSSR count). The Hall–Kier alpha value is -5.11. The molecular formula is C41H41FeN4O4. The average Bonchev–Trinajstić information content (AvgIpc) is 3.72. The van der Waals surface area contributed by atoms with Gasteiger partial charge in [-0.1, -0.05) is 95.5 Å². The van der Waals surface area contributed by atoms with Crippen LogP contribution in [0.2, 0.25) is 0 Å². The number of hydrogen-bond donors (Lipinski definition) is 2. The third kappa shape index (κ3) is 8.02. The molecule has 1 atom stereocenters. The Kier molecular flexibility index (Phi) is 12.1. The molecule has 1 unspecified atom stereocenters. The van der Waals surface area contributed by atoms with E-state index in [2.05, 4.69) is 20.1 Å². The Labute approximate surface area is 304 Å². The summed E-state index contributed by atoms with van der Waals surface area (Å²) in [5, 5.41) is 25.5. The number of benzene rings is 1. The maximum Gasteiger partial charge on any atom is 5.00 e. The van der Waals surface area contributed by atoms with Crippen LogP contribution in [0, 0.1) is 27.7 Å². The summed E-state index contributed by atoms with van der Waals surface area (Å²) in [4.78, 5) is 38.0. The number of nitrogens with zero attached hydrogens (tertiary/aromatic N) is 4. The molecular weight excluding hydrogens is 668 g/mol. The first-order valence-electron chi connectivity index (χ1n) is 16.3. The van der Waals surface area contributed by atoms with Gasteiger partial charge in [-0.05, 0) is 51.7 Å². The van der Waals surface area contributed by atoms with E-state index in [9.17, 15) is 19.8 Å². The van der Waals surface area contributed by atoms with Crippen LogP contribution in [0.5, 0.6) is 0 Å². The SMILES string of the molecule is C=Cc1c2[n-]c(c1C)/C=C1\[N-]C(Cc3[n-]c(c(C)c3CCC(=O)O)/C=c3\[n-]/c(c(C)c3C=C)=C\2)C(CCC(=O)O)=C1C.[CH2-]c1ccccc1.[Fe+5]. The largest absolute Gasteiger partial charge is 5.00 e. The smallest absolute Gasteiger partial charge is 0.678 e. The van der Waals surface area contributed by atoms with Gasteiger partial charge in [0, 0.05) is 12.8 Å². The molecule has 2 aliphatic heterocycles. The standard InChI is InChI=1S/C34H34N4O4.C7H7.Fe/c1-7-21-17(3)25-13-26-19(5)23(9-11-33(39)40)31(37-26)16-32-24(10-12-34(41)42)20(6)28(38-32)15-30-22(8-2)18(4)27(36-30)14-29(21)35-25;1-7-5-3-2-4-6-7;/h7-8,13-15,31H,1-2,9-12,16H2,3-6H3,(H,39,40)(H,41,42);2-6H,1H2;/q-4;-1;+5/b26-13-,27-14-,30-15-;;. The summed E-state index contributed by atoms with van der Waals surface area (Å²) in [5.74, 6) is -1.75. The van der Waals surface area contributed by atoms with Gasteiger partial charge >= 0.3 is 29.0 Å². The molecule has 2 aliphatic rings. The number of carbonyl (C=O) groups is 2. The van der Waals surface area contributed by atoms with Gasteiger partial charge in [-0.15, -0.1) is 45.6 Å². The summed E-state index contributed by atoms with van der Waals surface area (Å²) < 4.78 is 0. The summed E-state index contributed by atoms with van der Waals surface area (Å²) >= 11 is 0. The van der Waals surface area contributed by atoms with E-state index in [1.165, 1.54) is 0 Å². The second-order valence-electron chi connectivity index (χ2n) is 12.4. The Morgan fingerprint density at radius 1 is 0.800 bits per heavy atom. The number of aliphatic carboxylic acids is 2. The van der Waals surface area contributed by atoms with Crippen LogP contribution in [0.1, 0.15) is 87.9 Å². The van der Waals surface area contributed by atoms with Crippen LogP contribution in [0.4, 0.5) is 0 Å². The Morgan fingerprint density at radius 3 is 2.02 bits per heavy atom. The second-order valence-corrected chi connectivity index (χ2v) is 12.4. The number of hydrogen-bond acceptors (Lipinski definition) is 2. The van der Waals surface area contributed by atoms with E-state index in [1.807, 2.05) is 76.3 Å². The molecule has 8 nitrogen and oxygen atoms in total. The molecule has 9 heteroatoms. The predicted molar refractivity (Wildman–Crippen MR) is 195 cm³/mol. The first-order chi connectivity index (χ1) is 23.4. The van der Waals surface area contributed by atoms with Crippen molar-refractivity contribution in [3.05, 3.63) is 145 Å². The molecule has 0 spiro atoms. The molecule has 50 heavy (non-hydrogen) atoms. The number of allylic oxidation sites excluding steroid dienone is 1. The van der Waals surface area contributed by atoms with Crippen LogP contribution in [-0.2, 0) is 39.5 Å². The normalized spacial score (nSPS) is 17.0. The monoisotopic (exact) mass is 709 g/mol. The zero-order valence-corrected chi connectivity index (χ0v) is 30.0. The maximum atomic E-state index is 11.5. The van der Waals surface area contributed by atoms with Gasteiger partial charge in [0.2, 0.25) is 0 Å². The minimum atomic E-state index is -0.878. The van der Waals surface area contributed by atoms with E-state index in [1.54, 1.807) is 12.2 Å². The van der Waals surface area contributed by atoms with Crippen molar-refractivity contribution in [3.63, 3.8) is 0 Å². The zero-order chi connectivity index (χ0) is 35.4. The first kappa shape index (κ1) is 37.7. The fourth-order valence-corrected chi connectivity index (χ4v) is 6.48. The molecule has 257 valence electrons. The maximum absolute atomic E-state index is 11.5. The summed E-state index contributed by atoms with van der Waals surface area (Å²) in [6.45, 7) is 19.7. The summed E-state index contributed by atoms with van der Waals surface area (Å²) in [5.41, 5.74) is 12.3. The third-order valence-electron chi connectivity index (χ3n) is 9.27. The second kappa shape index (κ2) is 16.1. The Bertz CT molecular complexity index is 2130. The van der Waals surface area contributed by atoms with Crippen molar-refractivity contribution in [3.8, 4) is 0 Å². The van der Waals surface area contributed by atoms with Crippen LogP contribution in [0.25, 0.3) is 35.7 Å². The van der Waals surface area contributed by atoms with Crippen LogP contribution < -0.4 is 25.7 Å². The molecule has 5 heterocycles. The van der Waals surface area contributed by atoms with Gasteiger partial charge in [0.15, 0.2) is 0 Å². The van der Waals surface area contributed by atoms with Crippen LogP contribution in [0.3, 0.4) is 0 Å². The van der Waals surface area contributed by atoms with Crippen molar-refractivity contribution in [2.75, 3.05) is 0 Å². The minimum Gasteiger partial charge on any atom is -0.678 e. The Balaban J connectivity index is 0.000000627. The topological polar surface area (TPSA) is 131 Å². The number of carboxylic acid groups (broad SMARTS) is 2. The molecule has 0 fully saturated rings. The van der Waals surface area contributed by atoms with Gasteiger partial charge in [0.05, 0.1) is 0 Å². The summed E-state index contributed by atoms with van der Waals surface area (Å²) in [6, 6.07) is 9.56. The van der Waals surface area contributed by atoms with Crippen molar-refractivity contribution in [2.45, 2.75) is 65.8 Å². The van der Waals surface area contributed by atoms with E-state index in [0.717, 1.165) is 89.3 Å². The quantitative estimate of drug-likeness (QED) is 0.166. The van der Waals surface area contributed by atoms with E-state index in [4.69, 9.17) is 20.3 Å². The van der Waals surface area contributed by atoms with Crippen molar-refractivity contribution in [2.24, 2.45) is 0 Å².